The molecule has 0 fully saturated rings. The summed E-state index contributed by atoms with van der Waals surface area (Å²) in [5.74, 6) is 0.952. The van der Waals surface area contributed by atoms with Gasteiger partial charge in [0.05, 0.1) is 53.9 Å². The molecule has 0 saturated carbocycles. The third-order valence-electron chi connectivity index (χ3n) is 2.43. The molecule has 1 aromatic heterocycles. The molecule has 0 unspecified atom stereocenters. The number of aldehydes is 1. The number of quaternary nitrogens is 2. The minimum Gasteiger partial charge on any atom is -0.298 e. The van der Waals surface area contributed by atoms with Crippen LogP contribution in [0.2, 0.25) is 0 Å². The zero-order chi connectivity index (χ0) is 12.6. The molecule has 0 spiro atoms. The minimum atomic E-state index is 0.615. The van der Waals surface area contributed by atoms with E-state index in [1.54, 1.807) is 6.20 Å². The maximum Gasteiger partial charge on any atom is 0.232 e. The molecule has 0 radical (unpaired) electrons. The molecule has 16 heavy (non-hydrogen) atoms. The van der Waals surface area contributed by atoms with Crippen LogP contribution in [-0.4, -0.2) is 53.6 Å². The van der Waals surface area contributed by atoms with E-state index in [0.717, 1.165) is 17.8 Å². The number of aromatic nitrogens is 1. The average Bonchev–Trinajstić information content (AvgIpc) is 2.14. The normalized spacial score (nSPS) is 12.6. The van der Waals surface area contributed by atoms with E-state index < -0.39 is 0 Å². The molecule has 0 aromatic carbocycles. The number of nitrogens with zero attached hydrogens (tertiary/aromatic N) is 3. The first kappa shape index (κ1) is 12.8. The number of hydrogen-bond acceptors (Lipinski definition) is 2. The standard InChI is InChI=1S/C12H21N3O/c1-14(2,3)11-7-12(15(4,5)6)13-8-10(11)9-16/h7-9H,1-6H3/q+2. The highest BCUT2D eigenvalue weighted by Gasteiger charge is 2.23. The molecule has 0 aliphatic carbocycles. The summed E-state index contributed by atoms with van der Waals surface area (Å²) in [5.41, 5.74) is 1.65. The highest BCUT2D eigenvalue weighted by atomic mass is 16.1. The van der Waals surface area contributed by atoms with Crippen molar-refractivity contribution in [1.82, 2.24) is 14.0 Å². The Bertz CT molecular complexity index is 400. The van der Waals surface area contributed by atoms with Crippen LogP contribution >= 0.6 is 0 Å². The van der Waals surface area contributed by atoms with Crippen molar-refractivity contribution in [3.05, 3.63) is 17.8 Å². The second kappa shape index (κ2) is 3.96. The van der Waals surface area contributed by atoms with Crippen LogP contribution in [0, 0.1) is 0 Å². The second-order valence-corrected chi connectivity index (χ2v) is 5.74. The zero-order valence-corrected chi connectivity index (χ0v) is 11.0. The Morgan fingerprint density at radius 1 is 1.06 bits per heavy atom. The van der Waals surface area contributed by atoms with Crippen molar-refractivity contribution in [1.29, 1.82) is 0 Å². The van der Waals surface area contributed by atoms with Gasteiger partial charge in [-0.15, -0.1) is 0 Å². The molecular weight excluding hydrogens is 202 g/mol. The summed E-state index contributed by atoms with van der Waals surface area (Å²) in [4.78, 5) is 15.3. The van der Waals surface area contributed by atoms with Crippen molar-refractivity contribution < 1.29 is 4.79 Å². The zero-order valence-electron chi connectivity index (χ0n) is 11.0. The monoisotopic (exact) mass is 223 g/mol. The lowest BCUT2D eigenvalue weighted by molar-refractivity contribution is 0.112. The Morgan fingerprint density at radius 3 is 2.00 bits per heavy atom. The molecule has 1 aromatic rings. The van der Waals surface area contributed by atoms with Gasteiger partial charge in [0.1, 0.15) is 0 Å². The summed E-state index contributed by atoms with van der Waals surface area (Å²) >= 11 is 0. The SMILES string of the molecule is C[N+](C)(C)c1cc([N+](C)(C)C)c(C=O)cn1. The van der Waals surface area contributed by atoms with Gasteiger partial charge < -0.3 is 0 Å². The van der Waals surface area contributed by atoms with Crippen molar-refractivity contribution in [3.8, 4) is 0 Å². The first-order chi connectivity index (χ1) is 7.16. The highest BCUT2D eigenvalue weighted by Crippen LogP contribution is 2.26. The third kappa shape index (κ3) is 2.65. The average molecular weight is 223 g/mol. The van der Waals surface area contributed by atoms with Crippen molar-refractivity contribution in [2.24, 2.45) is 0 Å². The molecule has 4 nitrogen and oxygen atoms in total. The van der Waals surface area contributed by atoms with Gasteiger partial charge in [-0.1, -0.05) is 0 Å². The van der Waals surface area contributed by atoms with Crippen LogP contribution < -0.4 is 8.97 Å². The molecule has 0 amide bonds. The van der Waals surface area contributed by atoms with E-state index in [-0.39, 0.29) is 0 Å². The van der Waals surface area contributed by atoms with E-state index in [1.165, 1.54) is 0 Å². The van der Waals surface area contributed by atoms with Crippen LogP contribution in [0.5, 0.6) is 0 Å². The van der Waals surface area contributed by atoms with Gasteiger partial charge >= 0.3 is 0 Å². The first-order valence-electron chi connectivity index (χ1n) is 5.25. The maximum atomic E-state index is 11.0. The smallest absolute Gasteiger partial charge is 0.232 e. The summed E-state index contributed by atoms with van der Waals surface area (Å²) in [6, 6.07) is 2.00. The molecule has 0 atom stereocenters. The molecule has 0 aliphatic heterocycles. The predicted molar refractivity (Wildman–Crippen MR) is 68.8 cm³/mol. The summed E-state index contributed by atoms with van der Waals surface area (Å²) in [6.45, 7) is 0. The van der Waals surface area contributed by atoms with Gasteiger partial charge in [-0.3, -0.25) is 13.8 Å². The fourth-order valence-electron chi connectivity index (χ4n) is 1.48. The first-order valence-corrected chi connectivity index (χ1v) is 5.25. The van der Waals surface area contributed by atoms with E-state index in [9.17, 15) is 4.79 Å². The Kier molecular flexibility index (Phi) is 3.17. The van der Waals surface area contributed by atoms with Crippen LogP contribution in [0.4, 0.5) is 11.5 Å². The fourth-order valence-corrected chi connectivity index (χ4v) is 1.48. The summed E-state index contributed by atoms with van der Waals surface area (Å²) in [5, 5.41) is 0. The predicted octanol–water partition coefficient (Wildman–Crippen LogP) is 1.29. The summed E-state index contributed by atoms with van der Waals surface area (Å²) in [7, 11) is 12.3. The van der Waals surface area contributed by atoms with Crippen LogP contribution in [0.25, 0.3) is 0 Å². The maximum absolute atomic E-state index is 11.0. The highest BCUT2D eigenvalue weighted by molar-refractivity contribution is 5.83. The summed E-state index contributed by atoms with van der Waals surface area (Å²) < 4.78 is 1.26. The molecule has 0 bridgehead atoms. The second-order valence-electron chi connectivity index (χ2n) is 5.74. The van der Waals surface area contributed by atoms with E-state index in [2.05, 4.69) is 26.1 Å². The molecule has 1 rings (SSSR count). The summed E-state index contributed by atoms with van der Waals surface area (Å²) in [6.07, 6.45) is 2.52. The van der Waals surface area contributed by atoms with Gasteiger partial charge in [-0.25, -0.2) is 4.98 Å². The van der Waals surface area contributed by atoms with Crippen molar-refractivity contribution in [3.63, 3.8) is 0 Å². The number of carbonyl (C=O) groups is 1. The topological polar surface area (TPSA) is 30.0 Å². The van der Waals surface area contributed by atoms with Gasteiger partial charge in [0.15, 0.2) is 12.0 Å². The Hall–Kier alpha value is -1.26. The van der Waals surface area contributed by atoms with E-state index in [0.29, 0.717) is 14.5 Å². The van der Waals surface area contributed by atoms with Crippen LogP contribution in [0.3, 0.4) is 0 Å². The quantitative estimate of drug-likeness (QED) is 0.571. The van der Waals surface area contributed by atoms with E-state index in [4.69, 9.17) is 0 Å². The lowest BCUT2D eigenvalue weighted by atomic mass is 10.2. The largest absolute Gasteiger partial charge is 0.298 e. The van der Waals surface area contributed by atoms with Gasteiger partial charge in [0, 0.05) is 6.20 Å². The van der Waals surface area contributed by atoms with E-state index >= 15 is 0 Å². The van der Waals surface area contributed by atoms with Crippen LogP contribution in [-0.2, 0) is 0 Å². The van der Waals surface area contributed by atoms with Crippen molar-refractivity contribution in [2.75, 3.05) is 42.3 Å². The molecular formula is C12H21N3O+2. The number of carbonyl (C=O) groups excluding carboxylic acids is 1. The molecule has 88 valence electrons. The number of hydrogen-bond donors (Lipinski definition) is 0. The van der Waals surface area contributed by atoms with Crippen molar-refractivity contribution in [2.45, 2.75) is 0 Å². The van der Waals surface area contributed by atoms with Gasteiger partial charge in [0.2, 0.25) is 5.82 Å². The van der Waals surface area contributed by atoms with Crippen molar-refractivity contribution >= 4 is 17.8 Å². The lowest BCUT2D eigenvalue weighted by Gasteiger charge is -2.27. The molecule has 4 heteroatoms. The molecule has 1 heterocycles. The number of rotatable bonds is 3. The third-order valence-corrected chi connectivity index (χ3v) is 2.43. The van der Waals surface area contributed by atoms with Crippen LogP contribution in [0.1, 0.15) is 10.4 Å². The van der Waals surface area contributed by atoms with E-state index in [1.807, 2.05) is 27.2 Å². The van der Waals surface area contributed by atoms with Gasteiger partial charge in [-0.05, 0) is 0 Å². The van der Waals surface area contributed by atoms with Gasteiger partial charge in [-0.2, -0.15) is 0 Å². The van der Waals surface area contributed by atoms with Gasteiger partial charge in [0.25, 0.3) is 0 Å². The minimum absolute atomic E-state index is 0.615. The Labute approximate surface area is 97.3 Å². The Morgan fingerprint density at radius 2 is 1.62 bits per heavy atom. The lowest BCUT2D eigenvalue weighted by Crippen LogP contribution is -2.38. The Balaban J connectivity index is 3.39. The molecule has 0 aliphatic rings. The van der Waals surface area contributed by atoms with Crippen LogP contribution in [0.15, 0.2) is 12.3 Å². The number of pyridine rings is 1. The molecule has 0 saturated heterocycles. The molecule has 0 N–H and O–H groups in total. The fraction of sp³-hybridized carbons (Fsp3) is 0.500.